The van der Waals surface area contributed by atoms with Crippen LogP contribution in [0.4, 0.5) is 5.69 Å². The van der Waals surface area contributed by atoms with Crippen LogP contribution in [0.15, 0.2) is 91.5 Å². The van der Waals surface area contributed by atoms with Crippen LogP contribution in [0.5, 0.6) is 0 Å². The van der Waals surface area contributed by atoms with Crippen molar-refractivity contribution >= 4 is 23.0 Å². The van der Waals surface area contributed by atoms with E-state index < -0.39 is 0 Å². The minimum atomic E-state index is -0.0639. The molecule has 5 nitrogen and oxygen atoms in total. The number of hydrogen-bond donors (Lipinski definition) is 1. The highest BCUT2D eigenvalue weighted by molar-refractivity contribution is 7.80. The van der Waals surface area contributed by atoms with Crippen molar-refractivity contribution in [3.05, 3.63) is 114 Å². The summed E-state index contributed by atoms with van der Waals surface area (Å²) >= 11 is 5.88. The van der Waals surface area contributed by atoms with E-state index in [0.717, 1.165) is 23.5 Å². The first-order chi connectivity index (χ1) is 16.1. The van der Waals surface area contributed by atoms with Gasteiger partial charge >= 0.3 is 0 Å². The molecule has 1 aromatic carbocycles. The van der Waals surface area contributed by atoms with Gasteiger partial charge in [0.1, 0.15) is 6.04 Å². The Labute approximate surface area is 200 Å². The van der Waals surface area contributed by atoms with Crippen LogP contribution in [0.3, 0.4) is 0 Å². The van der Waals surface area contributed by atoms with Gasteiger partial charge in [0.25, 0.3) is 0 Å². The van der Waals surface area contributed by atoms with Crippen molar-refractivity contribution in [1.82, 2.24) is 19.9 Å². The molecule has 2 atom stereocenters. The number of rotatable bonds is 6. The van der Waals surface area contributed by atoms with Crippen LogP contribution < -0.4 is 10.2 Å². The Morgan fingerprint density at radius 2 is 1.82 bits per heavy atom. The average Bonchev–Trinajstić information content (AvgIpc) is 3.44. The number of nitrogens with zero attached hydrogens (tertiary/aromatic N) is 4. The molecule has 33 heavy (non-hydrogen) atoms. The van der Waals surface area contributed by atoms with Gasteiger partial charge in [-0.25, -0.2) is 0 Å². The van der Waals surface area contributed by atoms with Crippen molar-refractivity contribution in [2.75, 3.05) is 4.90 Å². The van der Waals surface area contributed by atoms with Gasteiger partial charge in [0.05, 0.1) is 11.7 Å². The van der Waals surface area contributed by atoms with Crippen LogP contribution in [0, 0.1) is 0 Å². The minimum Gasteiger partial charge on any atom is -0.351 e. The van der Waals surface area contributed by atoms with Crippen molar-refractivity contribution in [3.63, 3.8) is 0 Å². The van der Waals surface area contributed by atoms with E-state index >= 15 is 0 Å². The lowest BCUT2D eigenvalue weighted by molar-refractivity contribution is 0.533. The molecule has 0 spiro atoms. The normalized spacial score (nSPS) is 18.0. The molecular formula is C27H27N5S. The van der Waals surface area contributed by atoms with Crippen LogP contribution in [0.25, 0.3) is 0 Å². The maximum Gasteiger partial charge on any atom is 0.174 e. The average molecular weight is 454 g/mol. The van der Waals surface area contributed by atoms with Crippen LogP contribution in [-0.2, 0) is 6.54 Å². The number of nitrogens with one attached hydrogen (secondary N) is 1. The Balaban J connectivity index is 1.58. The summed E-state index contributed by atoms with van der Waals surface area (Å²) < 4.78 is 2.28. The third kappa shape index (κ3) is 4.26. The molecule has 166 valence electrons. The van der Waals surface area contributed by atoms with E-state index in [9.17, 15) is 0 Å². The Bertz CT molecular complexity index is 1220. The van der Waals surface area contributed by atoms with E-state index in [2.05, 4.69) is 93.3 Å². The van der Waals surface area contributed by atoms with Crippen molar-refractivity contribution in [2.24, 2.45) is 0 Å². The van der Waals surface area contributed by atoms with Crippen LogP contribution in [-0.4, -0.2) is 19.6 Å². The number of thiocarbonyl (C=S) groups is 1. The summed E-state index contributed by atoms with van der Waals surface area (Å²) in [5.41, 5.74) is 5.70. The maximum absolute atomic E-state index is 5.88. The molecule has 0 radical (unpaired) electrons. The molecule has 5 rings (SSSR count). The highest BCUT2D eigenvalue weighted by Gasteiger charge is 2.42. The molecular weight excluding hydrogens is 426 g/mol. The summed E-state index contributed by atoms with van der Waals surface area (Å²) in [7, 11) is 0. The predicted octanol–water partition coefficient (Wildman–Crippen LogP) is 5.63. The summed E-state index contributed by atoms with van der Waals surface area (Å²) in [5.74, 6) is 0.483. The molecule has 3 aromatic heterocycles. The van der Waals surface area contributed by atoms with E-state index in [1.807, 2.05) is 30.6 Å². The van der Waals surface area contributed by atoms with Gasteiger partial charge in [-0.3, -0.25) is 9.97 Å². The molecule has 4 aromatic rings. The number of benzene rings is 1. The molecule has 4 heterocycles. The first-order valence-electron chi connectivity index (χ1n) is 11.3. The van der Waals surface area contributed by atoms with E-state index in [1.54, 1.807) is 6.20 Å². The second-order valence-corrected chi connectivity index (χ2v) is 9.05. The van der Waals surface area contributed by atoms with Crippen molar-refractivity contribution in [2.45, 2.75) is 38.4 Å². The topological polar surface area (TPSA) is 46.0 Å². The van der Waals surface area contributed by atoms with E-state index in [4.69, 9.17) is 12.2 Å². The smallest absolute Gasteiger partial charge is 0.174 e. The van der Waals surface area contributed by atoms with Gasteiger partial charge in [-0.1, -0.05) is 38.1 Å². The Kier molecular flexibility index (Phi) is 5.92. The first kappa shape index (κ1) is 21.3. The van der Waals surface area contributed by atoms with Gasteiger partial charge in [0, 0.05) is 42.7 Å². The molecule has 6 heteroatoms. The second kappa shape index (κ2) is 9.16. The number of pyridine rings is 2. The number of aromatic nitrogens is 3. The van der Waals surface area contributed by atoms with E-state index in [-0.39, 0.29) is 12.1 Å². The van der Waals surface area contributed by atoms with Crippen molar-refractivity contribution < 1.29 is 0 Å². The highest BCUT2D eigenvalue weighted by atomic mass is 32.1. The summed E-state index contributed by atoms with van der Waals surface area (Å²) in [6, 6.07) is 23.0. The van der Waals surface area contributed by atoms with E-state index in [1.165, 1.54) is 11.3 Å². The Morgan fingerprint density at radius 1 is 0.970 bits per heavy atom. The third-order valence-corrected chi connectivity index (χ3v) is 6.49. The third-order valence-electron chi connectivity index (χ3n) is 6.18. The fraction of sp³-hybridized carbons (Fsp3) is 0.222. The van der Waals surface area contributed by atoms with Gasteiger partial charge in [0.2, 0.25) is 0 Å². The van der Waals surface area contributed by atoms with Crippen molar-refractivity contribution in [3.8, 4) is 0 Å². The first-order valence-corrected chi connectivity index (χ1v) is 11.7. The van der Waals surface area contributed by atoms with Gasteiger partial charge < -0.3 is 14.8 Å². The SMILES string of the molecule is CC(C)c1ccc(N2C(=S)N[C@@H](c3ccccn3)[C@@H]2c2cccn2Cc2cccnc2)cc1. The maximum atomic E-state index is 5.88. The fourth-order valence-electron chi connectivity index (χ4n) is 4.48. The van der Waals surface area contributed by atoms with E-state index in [0.29, 0.717) is 11.0 Å². The van der Waals surface area contributed by atoms with Crippen LogP contribution >= 0.6 is 12.2 Å². The summed E-state index contributed by atoms with van der Waals surface area (Å²) in [6.07, 6.45) is 7.68. The van der Waals surface area contributed by atoms with Gasteiger partial charge in [-0.2, -0.15) is 0 Å². The minimum absolute atomic E-state index is 0.0380. The van der Waals surface area contributed by atoms with Crippen molar-refractivity contribution in [1.29, 1.82) is 0 Å². The van der Waals surface area contributed by atoms with Gasteiger partial charge in [0.15, 0.2) is 5.11 Å². The van der Waals surface area contributed by atoms with Crippen LogP contribution in [0.1, 0.15) is 54.4 Å². The van der Waals surface area contributed by atoms with Gasteiger partial charge in [-0.05, 0) is 71.7 Å². The predicted molar refractivity (Wildman–Crippen MR) is 136 cm³/mol. The number of anilines is 1. The molecule has 1 fully saturated rings. The lowest BCUT2D eigenvalue weighted by atomic mass is 9.99. The lowest BCUT2D eigenvalue weighted by Crippen LogP contribution is -2.30. The molecule has 1 N–H and O–H groups in total. The zero-order valence-electron chi connectivity index (χ0n) is 18.8. The second-order valence-electron chi connectivity index (χ2n) is 8.67. The molecule has 0 saturated carbocycles. The largest absolute Gasteiger partial charge is 0.351 e. The van der Waals surface area contributed by atoms with Crippen LogP contribution in [0.2, 0.25) is 0 Å². The molecule has 0 bridgehead atoms. The molecule has 1 aliphatic heterocycles. The lowest BCUT2D eigenvalue weighted by Gasteiger charge is -2.29. The molecule has 0 unspecified atom stereocenters. The Hall–Kier alpha value is -3.51. The zero-order valence-corrected chi connectivity index (χ0v) is 19.6. The quantitative estimate of drug-likeness (QED) is 0.384. The summed E-state index contributed by atoms with van der Waals surface area (Å²) in [4.78, 5) is 11.2. The molecule has 0 amide bonds. The molecule has 1 saturated heterocycles. The summed E-state index contributed by atoms with van der Waals surface area (Å²) in [6.45, 7) is 5.17. The molecule has 1 aliphatic rings. The number of hydrogen-bond acceptors (Lipinski definition) is 3. The zero-order chi connectivity index (χ0) is 22.8. The Morgan fingerprint density at radius 3 is 2.52 bits per heavy atom. The van der Waals surface area contributed by atoms with Gasteiger partial charge in [-0.15, -0.1) is 0 Å². The standard InChI is InChI=1S/C27H27N5S/c1-19(2)21-10-12-22(13-11-21)32-26(25(30-27(32)33)23-8-3-4-15-29-23)24-9-6-16-31(24)18-20-7-5-14-28-17-20/h3-17,19,25-26H,18H2,1-2H3,(H,30,33)/t25-,26-/m0/s1. The molecule has 0 aliphatic carbocycles. The summed E-state index contributed by atoms with van der Waals surface area (Å²) in [5, 5.41) is 4.27. The highest BCUT2D eigenvalue weighted by Crippen LogP contribution is 2.42. The fourth-order valence-corrected chi connectivity index (χ4v) is 4.83. The monoisotopic (exact) mass is 453 g/mol.